The molecule has 0 saturated carbocycles. The number of rotatable bonds is 0. The van der Waals surface area contributed by atoms with Crippen molar-refractivity contribution in [1.82, 2.24) is 0 Å². The molecule has 2 bridgehead atoms. The van der Waals surface area contributed by atoms with Gasteiger partial charge in [0, 0.05) is 5.56 Å². The van der Waals surface area contributed by atoms with Crippen LogP contribution in [0.5, 0.6) is 0 Å². The first-order valence-electron chi connectivity index (χ1n) is 10.9. The van der Waals surface area contributed by atoms with Crippen LogP contribution in [0, 0.1) is 36.0 Å². The van der Waals surface area contributed by atoms with Crippen LogP contribution < -0.4 is 0 Å². The first-order chi connectivity index (χ1) is 16.6. The first kappa shape index (κ1) is 20.7. The van der Waals surface area contributed by atoms with Crippen LogP contribution in [0.2, 0.25) is 10.0 Å². The Balaban J connectivity index is 1.66. The van der Waals surface area contributed by atoms with Gasteiger partial charge >= 0.3 is 0 Å². The molecule has 0 atom stereocenters. The summed E-state index contributed by atoms with van der Waals surface area (Å²) in [6.07, 6.45) is 6.34. The molecule has 0 N–H and O–H groups in total. The first-order valence-corrected chi connectivity index (χ1v) is 11.6. The molecule has 0 nitrogen and oxygen atoms in total. The number of hydrogen-bond donors (Lipinski definition) is 0. The van der Waals surface area contributed by atoms with Crippen LogP contribution in [0.3, 0.4) is 0 Å². The lowest BCUT2D eigenvalue weighted by molar-refractivity contribution is 0.606. The van der Waals surface area contributed by atoms with Gasteiger partial charge in [-0.1, -0.05) is 120 Å². The van der Waals surface area contributed by atoms with Crippen LogP contribution in [-0.4, -0.2) is 0 Å². The Morgan fingerprint density at radius 3 is 1.50 bits per heavy atom. The summed E-state index contributed by atoms with van der Waals surface area (Å²) in [5, 5.41) is 0.911. The monoisotopic (exact) mass is 470 g/mol. The normalized spacial score (nSPS) is 20.4. The van der Waals surface area contributed by atoms with E-state index in [0.717, 1.165) is 33.4 Å². The molecule has 4 aromatic rings. The fraction of sp³-hybridized carbons (Fsp3) is 0.0625. The molecule has 0 unspecified atom stereocenters. The zero-order valence-corrected chi connectivity index (χ0v) is 19.5. The van der Waals surface area contributed by atoms with Crippen LogP contribution in [0.4, 0.5) is 0 Å². The lowest BCUT2D eigenvalue weighted by atomic mass is 9.47. The number of benzene rings is 4. The predicted molar refractivity (Wildman–Crippen MR) is 139 cm³/mol. The standard InChI is InChI=1S/C32H16Cl2/c1-2-31-23-14-3-6-17-26(23)32(27-18-7-4-15-24(27)31,28-19-8-5-16-25(28)31)21-10-9-12-22-13-11-20-29(33)30(22)34/h1,3-8,11,13-20H. The van der Waals surface area contributed by atoms with Gasteiger partial charge in [-0.05, 0) is 57.4 Å². The molecule has 3 aliphatic rings. The third kappa shape index (κ3) is 2.55. The lowest BCUT2D eigenvalue weighted by Gasteiger charge is -2.52. The fourth-order valence-corrected chi connectivity index (χ4v) is 5.89. The van der Waals surface area contributed by atoms with E-state index in [4.69, 9.17) is 29.6 Å². The molecule has 0 aliphatic heterocycles. The Bertz CT molecular complexity index is 1540. The molecular weight excluding hydrogens is 455 g/mol. The van der Waals surface area contributed by atoms with Crippen molar-refractivity contribution in [2.45, 2.75) is 10.8 Å². The predicted octanol–water partition coefficient (Wildman–Crippen LogP) is 6.98. The zero-order chi connectivity index (χ0) is 23.3. The van der Waals surface area contributed by atoms with Crippen molar-refractivity contribution >= 4 is 23.2 Å². The molecule has 0 spiro atoms. The molecule has 4 aromatic carbocycles. The summed E-state index contributed by atoms with van der Waals surface area (Å²) in [4.78, 5) is 0. The molecule has 0 radical (unpaired) electrons. The maximum absolute atomic E-state index is 6.34. The second kappa shape index (κ2) is 7.59. The minimum Gasteiger partial charge on any atom is -0.118 e. The molecule has 158 valence electrons. The van der Waals surface area contributed by atoms with Crippen molar-refractivity contribution in [3.63, 3.8) is 0 Å². The Kier molecular flexibility index (Phi) is 4.63. The molecule has 34 heavy (non-hydrogen) atoms. The average Bonchev–Trinajstić information content (AvgIpc) is 2.89. The van der Waals surface area contributed by atoms with Crippen molar-refractivity contribution in [3.8, 4) is 36.0 Å². The Labute approximate surface area is 209 Å². The minimum absolute atomic E-state index is 0.437. The molecule has 0 fully saturated rings. The average molecular weight is 471 g/mol. The number of terminal acetylenes is 1. The van der Waals surface area contributed by atoms with E-state index in [1.165, 1.54) is 0 Å². The van der Waals surface area contributed by atoms with E-state index >= 15 is 0 Å². The zero-order valence-electron chi connectivity index (χ0n) is 18.0. The fourth-order valence-electron chi connectivity index (χ4n) is 5.54. The van der Waals surface area contributed by atoms with Gasteiger partial charge in [0.05, 0.1) is 10.0 Å². The summed E-state index contributed by atoms with van der Waals surface area (Å²) >= 11 is 12.5. The van der Waals surface area contributed by atoms with Gasteiger partial charge in [0.15, 0.2) is 0 Å². The maximum Gasteiger partial charge on any atom is 0.108 e. The third-order valence-corrected chi connectivity index (χ3v) is 7.70. The summed E-state index contributed by atoms with van der Waals surface area (Å²) in [6, 6.07) is 30.5. The Hall–Kier alpha value is -3.86. The molecule has 0 aromatic heterocycles. The van der Waals surface area contributed by atoms with E-state index in [1.807, 2.05) is 30.3 Å². The van der Waals surface area contributed by atoms with Crippen molar-refractivity contribution in [2.24, 2.45) is 0 Å². The molecular formula is C32H16Cl2. The molecule has 7 rings (SSSR count). The van der Waals surface area contributed by atoms with Gasteiger partial charge in [-0.25, -0.2) is 0 Å². The van der Waals surface area contributed by atoms with E-state index in [9.17, 15) is 0 Å². The highest BCUT2D eigenvalue weighted by atomic mass is 35.5. The number of halogens is 2. The van der Waals surface area contributed by atoms with Gasteiger partial charge in [-0.15, -0.1) is 6.42 Å². The summed E-state index contributed by atoms with van der Waals surface area (Å²) in [6.45, 7) is 0. The largest absolute Gasteiger partial charge is 0.118 e. The molecule has 0 heterocycles. The SMILES string of the molecule is C#CC12c3ccccc3C(C#CC#Cc3cccc(Cl)c3Cl)(c3ccccc31)c1ccccc12. The van der Waals surface area contributed by atoms with Gasteiger partial charge in [0.2, 0.25) is 0 Å². The highest BCUT2D eigenvalue weighted by Gasteiger charge is 2.57. The van der Waals surface area contributed by atoms with Crippen LogP contribution in [0.1, 0.15) is 38.9 Å². The molecule has 2 heteroatoms. The van der Waals surface area contributed by atoms with E-state index in [-0.39, 0.29) is 0 Å². The van der Waals surface area contributed by atoms with Crippen LogP contribution >= 0.6 is 23.2 Å². The van der Waals surface area contributed by atoms with Gasteiger partial charge in [0.1, 0.15) is 10.8 Å². The van der Waals surface area contributed by atoms with Gasteiger partial charge in [0.25, 0.3) is 0 Å². The van der Waals surface area contributed by atoms with E-state index in [2.05, 4.69) is 84.2 Å². The van der Waals surface area contributed by atoms with E-state index in [1.54, 1.807) is 6.07 Å². The van der Waals surface area contributed by atoms with Crippen molar-refractivity contribution in [3.05, 3.63) is 140 Å². The molecule has 0 saturated heterocycles. The topological polar surface area (TPSA) is 0 Å². The van der Waals surface area contributed by atoms with Gasteiger partial charge in [-0.2, -0.15) is 0 Å². The smallest absolute Gasteiger partial charge is 0.108 e. The molecule has 3 aliphatic carbocycles. The third-order valence-electron chi connectivity index (χ3n) is 6.88. The summed E-state index contributed by atoms with van der Waals surface area (Å²) in [5.41, 5.74) is 5.99. The maximum atomic E-state index is 6.34. The van der Waals surface area contributed by atoms with Gasteiger partial charge < -0.3 is 0 Å². The van der Waals surface area contributed by atoms with E-state index in [0.29, 0.717) is 15.6 Å². The van der Waals surface area contributed by atoms with E-state index < -0.39 is 10.8 Å². The molecule has 0 amide bonds. The Morgan fingerprint density at radius 1 is 0.559 bits per heavy atom. The minimum atomic E-state index is -0.671. The van der Waals surface area contributed by atoms with Crippen molar-refractivity contribution in [2.75, 3.05) is 0 Å². The second-order valence-electron chi connectivity index (χ2n) is 8.38. The summed E-state index contributed by atoms with van der Waals surface area (Å²) in [7, 11) is 0. The quantitative estimate of drug-likeness (QED) is 0.243. The summed E-state index contributed by atoms with van der Waals surface area (Å²) < 4.78 is 0. The van der Waals surface area contributed by atoms with Crippen LogP contribution in [-0.2, 0) is 10.8 Å². The second-order valence-corrected chi connectivity index (χ2v) is 9.17. The van der Waals surface area contributed by atoms with Crippen molar-refractivity contribution in [1.29, 1.82) is 0 Å². The Morgan fingerprint density at radius 2 is 1.03 bits per heavy atom. The van der Waals surface area contributed by atoms with Gasteiger partial charge in [-0.3, -0.25) is 0 Å². The number of hydrogen-bond acceptors (Lipinski definition) is 0. The van der Waals surface area contributed by atoms with Crippen LogP contribution in [0.15, 0.2) is 91.0 Å². The highest BCUT2D eigenvalue weighted by molar-refractivity contribution is 6.42. The summed E-state index contributed by atoms with van der Waals surface area (Å²) in [5.74, 6) is 16.0. The van der Waals surface area contributed by atoms with Crippen LogP contribution in [0.25, 0.3) is 0 Å². The highest BCUT2D eigenvalue weighted by Crippen LogP contribution is 2.61. The lowest BCUT2D eigenvalue weighted by Crippen LogP contribution is -2.49. The van der Waals surface area contributed by atoms with Crippen molar-refractivity contribution < 1.29 is 0 Å².